The molecule has 0 bridgehead atoms. The van der Waals surface area contributed by atoms with E-state index in [1.807, 2.05) is 0 Å². The van der Waals surface area contributed by atoms with Crippen LogP contribution in [0.15, 0.2) is 24.5 Å². The number of anilines is 2. The molecule has 1 aromatic carbocycles. The van der Waals surface area contributed by atoms with E-state index in [1.165, 1.54) is 23.0 Å². The van der Waals surface area contributed by atoms with Gasteiger partial charge in [-0.3, -0.25) is 0 Å². The smallest absolute Gasteiger partial charge is 0.227 e. The molecule has 20 heavy (non-hydrogen) atoms. The Balaban J connectivity index is 1.93. The van der Waals surface area contributed by atoms with Gasteiger partial charge in [-0.05, 0) is 36.8 Å². The van der Waals surface area contributed by atoms with Crippen molar-refractivity contribution in [2.45, 2.75) is 32.7 Å². The molecule has 0 unspecified atom stereocenters. The Kier molecular flexibility index (Phi) is 3.26. The van der Waals surface area contributed by atoms with Crippen molar-refractivity contribution in [3.63, 3.8) is 0 Å². The topological polar surface area (TPSA) is 76.7 Å². The minimum atomic E-state index is 0.223. The van der Waals surface area contributed by atoms with E-state index < -0.39 is 0 Å². The highest BCUT2D eigenvalue weighted by atomic mass is 15.2. The predicted octanol–water partition coefficient (Wildman–Crippen LogP) is 2.50. The highest BCUT2D eigenvalue weighted by molar-refractivity contribution is 5.41. The molecule has 5 nitrogen and oxygen atoms in total. The Morgan fingerprint density at radius 2 is 2.15 bits per heavy atom. The number of nitrogens with two attached hydrogens (primary N) is 1. The number of benzene rings is 1. The largest absolute Gasteiger partial charge is 0.368 e. The summed E-state index contributed by atoms with van der Waals surface area (Å²) < 4.78 is 0. The maximum Gasteiger partial charge on any atom is 0.227 e. The molecular formula is C15H19N5. The van der Waals surface area contributed by atoms with Gasteiger partial charge in [-0.1, -0.05) is 30.7 Å². The molecule has 0 aliphatic heterocycles. The second-order valence-electron chi connectivity index (χ2n) is 5.51. The molecule has 1 aliphatic rings. The molecule has 2 aromatic rings. The first-order valence-electron chi connectivity index (χ1n) is 6.94. The quantitative estimate of drug-likeness (QED) is 0.876. The minimum Gasteiger partial charge on any atom is -0.368 e. The van der Waals surface area contributed by atoms with Crippen LogP contribution in [0, 0.1) is 12.8 Å². The maximum atomic E-state index is 5.61. The van der Waals surface area contributed by atoms with E-state index in [0.29, 0.717) is 11.9 Å². The molecule has 0 fully saturated rings. The van der Waals surface area contributed by atoms with Crippen LogP contribution in [0.5, 0.6) is 0 Å². The zero-order valence-corrected chi connectivity index (χ0v) is 11.8. The number of nitrogens with one attached hydrogen (secondary N) is 1. The van der Waals surface area contributed by atoms with Gasteiger partial charge in [0.25, 0.3) is 0 Å². The fraction of sp³-hybridized carbons (Fsp3) is 0.400. The fourth-order valence-electron chi connectivity index (χ4n) is 2.85. The Morgan fingerprint density at radius 1 is 1.30 bits per heavy atom. The highest BCUT2D eigenvalue weighted by Crippen LogP contribution is 2.36. The molecule has 5 heteroatoms. The summed E-state index contributed by atoms with van der Waals surface area (Å²) in [6.07, 6.45) is 3.73. The number of hydrogen-bond donors (Lipinski definition) is 2. The number of aryl methyl sites for hydroxylation is 2. The average Bonchev–Trinajstić information content (AvgIpc) is 2.42. The second kappa shape index (κ2) is 5.07. The average molecular weight is 269 g/mol. The third-order valence-corrected chi connectivity index (χ3v) is 3.95. The van der Waals surface area contributed by atoms with E-state index in [-0.39, 0.29) is 12.0 Å². The first-order valence-corrected chi connectivity index (χ1v) is 6.94. The van der Waals surface area contributed by atoms with Crippen LogP contribution in [0.4, 0.5) is 11.9 Å². The van der Waals surface area contributed by atoms with Gasteiger partial charge in [-0.2, -0.15) is 4.98 Å². The Morgan fingerprint density at radius 3 is 2.95 bits per heavy atom. The number of aromatic nitrogens is 3. The Bertz CT molecular complexity index is 625. The summed E-state index contributed by atoms with van der Waals surface area (Å²) in [6.45, 7) is 4.39. The maximum absolute atomic E-state index is 5.61. The van der Waals surface area contributed by atoms with Crippen molar-refractivity contribution >= 4 is 11.9 Å². The van der Waals surface area contributed by atoms with E-state index in [1.54, 1.807) is 0 Å². The van der Waals surface area contributed by atoms with Crippen LogP contribution < -0.4 is 11.1 Å². The Labute approximate surface area is 118 Å². The lowest BCUT2D eigenvalue weighted by Crippen LogP contribution is -2.26. The van der Waals surface area contributed by atoms with E-state index in [0.717, 1.165) is 12.8 Å². The fourth-order valence-corrected chi connectivity index (χ4v) is 2.85. The highest BCUT2D eigenvalue weighted by Gasteiger charge is 2.27. The molecule has 3 rings (SSSR count). The van der Waals surface area contributed by atoms with Crippen molar-refractivity contribution in [1.29, 1.82) is 0 Å². The SMILES string of the molecule is Cc1ccc2c(c1)CC[C@@H](C)[C@H]2Nc1ncnc(N)n1. The summed E-state index contributed by atoms with van der Waals surface area (Å²) in [5.41, 5.74) is 9.68. The predicted molar refractivity (Wildman–Crippen MR) is 79.3 cm³/mol. The lowest BCUT2D eigenvalue weighted by Gasteiger charge is -2.32. The molecule has 0 amide bonds. The molecule has 1 heterocycles. The molecule has 0 spiro atoms. The van der Waals surface area contributed by atoms with Gasteiger partial charge in [0.1, 0.15) is 6.33 Å². The molecule has 3 N–H and O–H groups in total. The minimum absolute atomic E-state index is 0.223. The van der Waals surface area contributed by atoms with Gasteiger partial charge in [0, 0.05) is 0 Å². The second-order valence-corrected chi connectivity index (χ2v) is 5.51. The lowest BCUT2D eigenvalue weighted by atomic mass is 9.80. The third kappa shape index (κ3) is 2.43. The number of fused-ring (bicyclic) bond motifs is 1. The van der Waals surface area contributed by atoms with Gasteiger partial charge in [0.2, 0.25) is 11.9 Å². The molecule has 1 aromatic heterocycles. The van der Waals surface area contributed by atoms with Crippen molar-refractivity contribution in [3.05, 3.63) is 41.2 Å². The molecule has 0 radical (unpaired) electrons. The molecule has 0 saturated heterocycles. The standard InChI is InChI=1S/C15H19N5/c1-9-3-6-12-11(7-9)5-4-10(2)13(12)19-15-18-8-17-14(16)20-15/h3,6-8,10,13H,4-5H2,1-2H3,(H3,16,17,18,19,20)/t10-,13-/m1/s1. The molecule has 0 saturated carbocycles. The number of rotatable bonds is 2. The van der Waals surface area contributed by atoms with Gasteiger partial charge in [-0.15, -0.1) is 0 Å². The normalized spacial score (nSPS) is 21.3. The molecule has 104 valence electrons. The van der Waals surface area contributed by atoms with Crippen molar-refractivity contribution < 1.29 is 0 Å². The van der Waals surface area contributed by atoms with E-state index >= 15 is 0 Å². The molecule has 1 aliphatic carbocycles. The summed E-state index contributed by atoms with van der Waals surface area (Å²) >= 11 is 0. The zero-order chi connectivity index (χ0) is 14.1. The lowest BCUT2D eigenvalue weighted by molar-refractivity contribution is 0.432. The van der Waals surface area contributed by atoms with Crippen LogP contribution >= 0.6 is 0 Å². The van der Waals surface area contributed by atoms with Crippen LogP contribution in [-0.2, 0) is 6.42 Å². The van der Waals surface area contributed by atoms with Gasteiger partial charge in [0.15, 0.2) is 0 Å². The summed E-state index contributed by atoms with van der Waals surface area (Å²) in [5.74, 6) is 1.32. The van der Waals surface area contributed by atoms with Crippen LogP contribution in [0.25, 0.3) is 0 Å². The number of nitrogen functional groups attached to an aromatic ring is 1. The zero-order valence-electron chi connectivity index (χ0n) is 11.8. The van der Waals surface area contributed by atoms with E-state index in [4.69, 9.17) is 5.73 Å². The summed E-state index contributed by atoms with van der Waals surface area (Å²) in [5, 5.41) is 3.40. The Hall–Kier alpha value is -2.17. The van der Waals surface area contributed by atoms with Gasteiger partial charge in [0.05, 0.1) is 6.04 Å². The van der Waals surface area contributed by atoms with Crippen LogP contribution in [-0.4, -0.2) is 15.0 Å². The summed E-state index contributed by atoms with van der Waals surface area (Å²) in [7, 11) is 0. The summed E-state index contributed by atoms with van der Waals surface area (Å²) in [6, 6.07) is 6.87. The third-order valence-electron chi connectivity index (χ3n) is 3.95. The first kappa shape index (κ1) is 12.8. The number of nitrogens with zero attached hydrogens (tertiary/aromatic N) is 3. The van der Waals surface area contributed by atoms with Crippen molar-refractivity contribution in [1.82, 2.24) is 15.0 Å². The van der Waals surface area contributed by atoms with Crippen molar-refractivity contribution in [2.75, 3.05) is 11.1 Å². The molecule has 2 atom stereocenters. The van der Waals surface area contributed by atoms with Crippen LogP contribution in [0.2, 0.25) is 0 Å². The van der Waals surface area contributed by atoms with Gasteiger partial charge in [-0.25, -0.2) is 9.97 Å². The van der Waals surface area contributed by atoms with Gasteiger partial charge >= 0.3 is 0 Å². The molecular weight excluding hydrogens is 250 g/mol. The monoisotopic (exact) mass is 269 g/mol. The summed E-state index contributed by atoms with van der Waals surface area (Å²) in [4.78, 5) is 12.1. The first-order chi connectivity index (χ1) is 9.63. The van der Waals surface area contributed by atoms with E-state index in [2.05, 4.69) is 52.3 Å². The van der Waals surface area contributed by atoms with Crippen molar-refractivity contribution in [3.8, 4) is 0 Å². The van der Waals surface area contributed by atoms with E-state index in [9.17, 15) is 0 Å². The van der Waals surface area contributed by atoms with Crippen molar-refractivity contribution in [2.24, 2.45) is 5.92 Å². The van der Waals surface area contributed by atoms with Crippen LogP contribution in [0.1, 0.15) is 36.1 Å². The number of hydrogen-bond acceptors (Lipinski definition) is 5. The van der Waals surface area contributed by atoms with Gasteiger partial charge < -0.3 is 11.1 Å². The van der Waals surface area contributed by atoms with Crippen LogP contribution in [0.3, 0.4) is 0 Å².